The van der Waals surface area contributed by atoms with Gasteiger partial charge in [0.2, 0.25) is 11.8 Å². The molecule has 6 N–H and O–H groups in total. The van der Waals surface area contributed by atoms with E-state index in [1.807, 2.05) is 0 Å². The van der Waals surface area contributed by atoms with Crippen molar-refractivity contribution in [3.63, 3.8) is 0 Å². The molecule has 0 radical (unpaired) electrons. The molecule has 0 unspecified atom stereocenters. The van der Waals surface area contributed by atoms with Crippen LogP contribution in [0.1, 0.15) is 24.0 Å². The fourth-order valence-corrected chi connectivity index (χ4v) is 3.47. The zero-order valence-electron chi connectivity index (χ0n) is 21.1. The average Bonchev–Trinajstić information content (AvgIpc) is 2.86. The van der Waals surface area contributed by atoms with Gasteiger partial charge in [-0.15, -0.1) is 0 Å². The summed E-state index contributed by atoms with van der Waals surface area (Å²) in [6, 6.07) is 9.77. The molecule has 0 saturated heterocycles. The van der Waals surface area contributed by atoms with E-state index in [-0.39, 0.29) is 36.2 Å². The van der Waals surface area contributed by atoms with Crippen LogP contribution in [0.25, 0.3) is 0 Å². The van der Waals surface area contributed by atoms with E-state index in [1.54, 1.807) is 24.3 Å². The predicted molar refractivity (Wildman–Crippen MR) is 138 cm³/mol. The third kappa shape index (κ3) is 10.8. The van der Waals surface area contributed by atoms with Crippen LogP contribution in [0.5, 0.6) is 23.0 Å². The zero-order valence-corrected chi connectivity index (χ0v) is 21.1. The van der Waals surface area contributed by atoms with E-state index in [1.165, 1.54) is 26.4 Å². The Balaban J connectivity index is 1.41. The molecule has 2 rings (SSSR count). The van der Waals surface area contributed by atoms with Gasteiger partial charge in [-0.2, -0.15) is 0 Å². The SMILES string of the molecule is COc1cc(CC(=O)NCCCNCCNCCCNC(=O)Cc2ccc(O)c(OC)c2)ccc1O. The number of amides is 2. The van der Waals surface area contributed by atoms with Gasteiger partial charge in [0.05, 0.1) is 27.1 Å². The first-order valence-corrected chi connectivity index (χ1v) is 12.1. The number of phenolic OH excluding ortho intramolecular Hbond substituents is 2. The molecule has 0 bridgehead atoms. The van der Waals surface area contributed by atoms with Gasteiger partial charge < -0.3 is 41.0 Å². The number of carbonyl (C=O) groups is 2. The Morgan fingerprint density at radius 2 is 1.08 bits per heavy atom. The molecule has 0 aliphatic rings. The molecular formula is C26H38N4O6. The molecule has 0 aromatic heterocycles. The largest absolute Gasteiger partial charge is 0.504 e. The molecule has 198 valence electrons. The number of ether oxygens (including phenoxy) is 2. The maximum Gasteiger partial charge on any atom is 0.224 e. The summed E-state index contributed by atoms with van der Waals surface area (Å²) in [5, 5.41) is 31.6. The number of rotatable bonds is 17. The second-order valence-electron chi connectivity index (χ2n) is 8.27. The maximum absolute atomic E-state index is 12.0. The summed E-state index contributed by atoms with van der Waals surface area (Å²) in [6.45, 7) is 4.41. The molecule has 10 heteroatoms. The first-order valence-electron chi connectivity index (χ1n) is 12.1. The Bertz CT molecular complexity index is 892. The number of phenols is 2. The van der Waals surface area contributed by atoms with Gasteiger partial charge in [0.25, 0.3) is 0 Å². The topological polar surface area (TPSA) is 141 Å². The molecular weight excluding hydrogens is 464 g/mol. The van der Waals surface area contributed by atoms with Crippen molar-refractivity contribution in [3.05, 3.63) is 47.5 Å². The standard InChI is InChI=1S/C26H38N4O6/c1-35-23-15-19(5-7-21(23)31)17-25(33)29-11-3-9-27-13-14-28-10-4-12-30-26(34)18-20-6-8-22(32)24(16-20)36-2/h5-8,15-16,27-28,31-32H,3-4,9-14,17-18H2,1-2H3,(H,29,33)(H,30,34). The second kappa shape index (κ2) is 16.2. The molecule has 36 heavy (non-hydrogen) atoms. The fraction of sp³-hybridized carbons (Fsp3) is 0.462. The summed E-state index contributed by atoms with van der Waals surface area (Å²) in [6.07, 6.45) is 2.12. The third-order valence-electron chi connectivity index (χ3n) is 5.40. The second-order valence-corrected chi connectivity index (χ2v) is 8.27. The van der Waals surface area contributed by atoms with Crippen molar-refractivity contribution in [2.45, 2.75) is 25.7 Å². The van der Waals surface area contributed by atoms with Crippen molar-refractivity contribution in [2.24, 2.45) is 0 Å². The van der Waals surface area contributed by atoms with Crippen LogP contribution in [-0.4, -0.2) is 75.5 Å². The van der Waals surface area contributed by atoms with Crippen molar-refractivity contribution < 1.29 is 29.3 Å². The molecule has 0 aliphatic heterocycles. The highest BCUT2D eigenvalue weighted by Gasteiger charge is 2.08. The Morgan fingerprint density at radius 3 is 1.47 bits per heavy atom. The molecule has 0 atom stereocenters. The van der Waals surface area contributed by atoms with Crippen LogP contribution in [0.3, 0.4) is 0 Å². The molecule has 0 saturated carbocycles. The summed E-state index contributed by atoms with van der Waals surface area (Å²) < 4.78 is 10.1. The lowest BCUT2D eigenvalue weighted by atomic mass is 10.1. The first-order chi connectivity index (χ1) is 17.4. The average molecular weight is 503 g/mol. The number of benzene rings is 2. The normalized spacial score (nSPS) is 10.6. The quantitative estimate of drug-likeness (QED) is 0.177. The highest BCUT2D eigenvalue weighted by atomic mass is 16.5. The van der Waals surface area contributed by atoms with E-state index >= 15 is 0 Å². The van der Waals surface area contributed by atoms with Crippen molar-refractivity contribution in [3.8, 4) is 23.0 Å². The van der Waals surface area contributed by atoms with Gasteiger partial charge in [0.15, 0.2) is 23.0 Å². The number of hydrogen-bond donors (Lipinski definition) is 6. The maximum atomic E-state index is 12.0. The number of carbonyl (C=O) groups excluding carboxylic acids is 2. The monoisotopic (exact) mass is 502 g/mol. The smallest absolute Gasteiger partial charge is 0.224 e. The van der Waals surface area contributed by atoms with Crippen LogP contribution in [-0.2, 0) is 22.4 Å². The summed E-state index contributed by atoms with van der Waals surface area (Å²) in [7, 11) is 2.95. The van der Waals surface area contributed by atoms with Gasteiger partial charge in [-0.1, -0.05) is 12.1 Å². The van der Waals surface area contributed by atoms with Crippen LogP contribution in [0.15, 0.2) is 36.4 Å². The minimum absolute atomic E-state index is 0.0534. The number of methoxy groups -OCH3 is 2. The molecule has 0 aliphatic carbocycles. The summed E-state index contributed by atoms with van der Waals surface area (Å²) in [4.78, 5) is 24.1. The zero-order chi connectivity index (χ0) is 26.2. The van der Waals surface area contributed by atoms with E-state index in [0.717, 1.165) is 50.1 Å². The lowest BCUT2D eigenvalue weighted by Crippen LogP contribution is -2.33. The molecule has 0 fully saturated rings. The van der Waals surface area contributed by atoms with Crippen LogP contribution < -0.4 is 30.7 Å². The Kier molecular flexibility index (Phi) is 12.9. The van der Waals surface area contributed by atoms with E-state index in [2.05, 4.69) is 21.3 Å². The van der Waals surface area contributed by atoms with Gasteiger partial charge >= 0.3 is 0 Å². The minimum Gasteiger partial charge on any atom is -0.504 e. The van der Waals surface area contributed by atoms with Crippen LogP contribution in [0.2, 0.25) is 0 Å². The highest BCUT2D eigenvalue weighted by Crippen LogP contribution is 2.27. The summed E-state index contributed by atoms with van der Waals surface area (Å²) >= 11 is 0. The van der Waals surface area contributed by atoms with Gasteiger partial charge in [-0.05, 0) is 61.3 Å². The van der Waals surface area contributed by atoms with Crippen LogP contribution >= 0.6 is 0 Å². The van der Waals surface area contributed by atoms with Crippen molar-refractivity contribution in [1.29, 1.82) is 0 Å². The van der Waals surface area contributed by atoms with Crippen LogP contribution in [0, 0.1) is 0 Å². The van der Waals surface area contributed by atoms with E-state index in [9.17, 15) is 19.8 Å². The van der Waals surface area contributed by atoms with Gasteiger partial charge in [0.1, 0.15) is 0 Å². The Hall–Kier alpha value is -3.50. The molecule has 10 nitrogen and oxygen atoms in total. The van der Waals surface area contributed by atoms with Gasteiger partial charge in [0, 0.05) is 26.2 Å². The van der Waals surface area contributed by atoms with Crippen molar-refractivity contribution >= 4 is 11.8 Å². The predicted octanol–water partition coefficient (Wildman–Crippen LogP) is 1.09. The van der Waals surface area contributed by atoms with E-state index in [0.29, 0.717) is 24.6 Å². The molecule has 2 amide bonds. The number of hydrogen-bond acceptors (Lipinski definition) is 8. The summed E-state index contributed by atoms with van der Waals surface area (Å²) in [5.41, 5.74) is 1.56. The van der Waals surface area contributed by atoms with E-state index in [4.69, 9.17) is 9.47 Å². The minimum atomic E-state index is -0.0701. The van der Waals surface area contributed by atoms with E-state index < -0.39 is 0 Å². The molecule has 2 aromatic rings. The van der Waals surface area contributed by atoms with Gasteiger partial charge in [-0.3, -0.25) is 9.59 Å². The number of nitrogens with one attached hydrogen (secondary N) is 4. The first kappa shape index (κ1) is 28.7. The Morgan fingerprint density at radius 1 is 0.667 bits per heavy atom. The van der Waals surface area contributed by atoms with Crippen molar-refractivity contribution in [1.82, 2.24) is 21.3 Å². The van der Waals surface area contributed by atoms with Gasteiger partial charge in [-0.25, -0.2) is 0 Å². The summed E-state index contributed by atoms with van der Waals surface area (Å²) in [5.74, 6) is 0.679. The molecule has 0 spiro atoms. The fourth-order valence-electron chi connectivity index (χ4n) is 3.47. The molecule has 2 aromatic carbocycles. The number of aromatic hydroxyl groups is 2. The molecule has 0 heterocycles. The highest BCUT2D eigenvalue weighted by molar-refractivity contribution is 5.79. The van der Waals surface area contributed by atoms with Crippen molar-refractivity contribution in [2.75, 3.05) is 53.5 Å². The third-order valence-corrected chi connectivity index (χ3v) is 5.40. The Labute approximate surface area is 212 Å². The lowest BCUT2D eigenvalue weighted by molar-refractivity contribution is -0.121. The van der Waals surface area contributed by atoms with Crippen LogP contribution in [0.4, 0.5) is 0 Å². The lowest BCUT2D eigenvalue weighted by Gasteiger charge is -2.09.